The van der Waals surface area contributed by atoms with Gasteiger partial charge in [0.05, 0.1) is 9.88 Å². The van der Waals surface area contributed by atoms with Crippen molar-refractivity contribution in [3.63, 3.8) is 0 Å². The van der Waals surface area contributed by atoms with Crippen molar-refractivity contribution >= 4 is 27.2 Å². The summed E-state index contributed by atoms with van der Waals surface area (Å²) in [6.45, 7) is 2.23. The summed E-state index contributed by atoms with van der Waals surface area (Å²) in [5.41, 5.74) is 6.34. The largest absolute Gasteiger partial charge is 0.393 e. The van der Waals surface area contributed by atoms with Crippen LogP contribution in [0.3, 0.4) is 0 Å². The molecule has 94 valence electrons. The molecule has 0 aliphatic carbocycles. The summed E-state index contributed by atoms with van der Waals surface area (Å²) in [5.74, 6) is 0. The Morgan fingerprint density at radius 3 is 2.29 bits per heavy atom. The minimum absolute atomic E-state index is 0.286. The summed E-state index contributed by atoms with van der Waals surface area (Å²) in [6.07, 6.45) is 0.485. The molecule has 6 heteroatoms. The van der Waals surface area contributed by atoms with Crippen LogP contribution in [0.4, 0.5) is 0 Å². The molecule has 0 aromatic heterocycles. The van der Waals surface area contributed by atoms with Crippen LogP contribution in [0, 0.1) is 0 Å². The maximum atomic E-state index is 12.0. The van der Waals surface area contributed by atoms with Gasteiger partial charge in [0.25, 0.3) is 0 Å². The van der Waals surface area contributed by atoms with E-state index in [2.05, 4.69) is 0 Å². The second-order valence-corrected chi connectivity index (χ2v) is 6.28. The fraction of sp³-hybridized carbons (Fsp3) is 0.364. The van der Waals surface area contributed by atoms with Crippen LogP contribution >= 0.6 is 12.2 Å². The molecule has 0 spiro atoms. The molecule has 1 aromatic rings. The molecule has 1 rings (SSSR count). The summed E-state index contributed by atoms with van der Waals surface area (Å²) in [6, 6.07) is 6.62. The second-order valence-electron chi connectivity index (χ2n) is 3.71. The highest BCUT2D eigenvalue weighted by atomic mass is 32.2. The predicted molar refractivity (Wildman–Crippen MR) is 72.4 cm³/mol. The molecule has 0 saturated heterocycles. The summed E-state index contributed by atoms with van der Waals surface area (Å²) >= 11 is 4.80. The standard InChI is InChI=1S/C11H16N2O2S2/c1-3-13(2)17(14,15)10-6-4-9(5-7-10)8-11(12)16/h4-7H,3,8H2,1-2H3,(H2,12,16). The molecule has 0 radical (unpaired) electrons. The van der Waals surface area contributed by atoms with Gasteiger partial charge in [-0.1, -0.05) is 31.3 Å². The van der Waals surface area contributed by atoms with Gasteiger partial charge in [0.1, 0.15) is 0 Å². The van der Waals surface area contributed by atoms with E-state index in [9.17, 15) is 8.42 Å². The van der Waals surface area contributed by atoms with Crippen LogP contribution in [0.15, 0.2) is 29.2 Å². The lowest BCUT2D eigenvalue weighted by Crippen LogP contribution is -2.26. The van der Waals surface area contributed by atoms with Crippen LogP contribution in [0.5, 0.6) is 0 Å². The number of nitrogens with two attached hydrogens (primary N) is 1. The van der Waals surface area contributed by atoms with Crippen molar-refractivity contribution in [2.24, 2.45) is 5.73 Å². The third-order valence-electron chi connectivity index (χ3n) is 2.46. The maximum absolute atomic E-state index is 12.0. The molecular formula is C11H16N2O2S2. The molecule has 0 heterocycles. The van der Waals surface area contributed by atoms with Gasteiger partial charge < -0.3 is 5.73 Å². The first-order valence-electron chi connectivity index (χ1n) is 5.21. The molecule has 0 fully saturated rings. The zero-order valence-electron chi connectivity index (χ0n) is 9.88. The lowest BCUT2D eigenvalue weighted by molar-refractivity contribution is 0.486. The Morgan fingerprint density at radius 2 is 1.88 bits per heavy atom. The third-order valence-corrected chi connectivity index (χ3v) is 4.55. The first-order chi connectivity index (χ1) is 7.87. The fourth-order valence-corrected chi connectivity index (χ4v) is 2.68. The van der Waals surface area contributed by atoms with Crippen molar-refractivity contribution in [1.29, 1.82) is 0 Å². The van der Waals surface area contributed by atoms with E-state index in [0.29, 0.717) is 18.0 Å². The quantitative estimate of drug-likeness (QED) is 0.817. The number of hydrogen-bond donors (Lipinski definition) is 1. The normalized spacial score (nSPS) is 11.7. The highest BCUT2D eigenvalue weighted by Crippen LogP contribution is 2.15. The Balaban J connectivity index is 2.99. The molecule has 0 unspecified atom stereocenters. The van der Waals surface area contributed by atoms with E-state index in [1.165, 1.54) is 4.31 Å². The first kappa shape index (κ1) is 14.1. The zero-order chi connectivity index (χ0) is 13.1. The molecule has 2 N–H and O–H groups in total. The molecule has 17 heavy (non-hydrogen) atoms. The van der Waals surface area contributed by atoms with Gasteiger partial charge in [-0.15, -0.1) is 0 Å². The smallest absolute Gasteiger partial charge is 0.242 e. The molecule has 0 atom stereocenters. The average molecular weight is 272 g/mol. The number of rotatable bonds is 5. The van der Waals surface area contributed by atoms with Gasteiger partial charge in [0.2, 0.25) is 10.0 Å². The molecule has 0 bridgehead atoms. The van der Waals surface area contributed by atoms with Crippen LogP contribution in [0.25, 0.3) is 0 Å². The van der Waals surface area contributed by atoms with E-state index in [1.807, 2.05) is 0 Å². The van der Waals surface area contributed by atoms with Crippen LogP contribution in [0.1, 0.15) is 12.5 Å². The van der Waals surface area contributed by atoms with Gasteiger partial charge >= 0.3 is 0 Å². The molecular weight excluding hydrogens is 256 g/mol. The number of benzene rings is 1. The van der Waals surface area contributed by atoms with Gasteiger partial charge in [0.15, 0.2) is 0 Å². The Morgan fingerprint density at radius 1 is 1.35 bits per heavy atom. The molecule has 0 aliphatic rings. The van der Waals surface area contributed by atoms with Crippen molar-refractivity contribution in [1.82, 2.24) is 4.31 Å². The van der Waals surface area contributed by atoms with Crippen LogP contribution in [0.2, 0.25) is 0 Å². The Kier molecular flexibility index (Phi) is 4.62. The van der Waals surface area contributed by atoms with Gasteiger partial charge in [-0.3, -0.25) is 0 Å². The van der Waals surface area contributed by atoms with Crippen molar-refractivity contribution in [2.75, 3.05) is 13.6 Å². The van der Waals surface area contributed by atoms with Crippen LogP contribution in [-0.2, 0) is 16.4 Å². The highest BCUT2D eigenvalue weighted by molar-refractivity contribution is 7.89. The van der Waals surface area contributed by atoms with Crippen molar-refractivity contribution in [3.8, 4) is 0 Å². The van der Waals surface area contributed by atoms with Crippen LogP contribution in [-0.4, -0.2) is 31.3 Å². The van der Waals surface area contributed by atoms with E-state index < -0.39 is 10.0 Å². The molecule has 0 aliphatic heterocycles. The lowest BCUT2D eigenvalue weighted by Gasteiger charge is -2.14. The molecule has 4 nitrogen and oxygen atoms in total. The Labute approximate surface area is 107 Å². The third kappa shape index (κ3) is 3.49. The number of sulfonamides is 1. The van der Waals surface area contributed by atoms with E-state index in [-0.39, 0.29) is 4.90 Å². The second kappa shape index (κ2) is 5.57. The van der Waals surface area contributed by atoms with Crippen molar-refractivity contribution < 1.29 is 8.42 Å². The monoisotopic (exact) mass is 272 g/mol. The number of hydrogen-bond acceptors (Lipinski definition) is 3. The Hall–Kier alpha value is -0.980. The Bertz CT molecular complexity index is 495. The zero-order valence-corrected chi connectivity index (χ0v) is 11.5. The minimum Gasteiger partial charge on any atom is -0.393 e. The fourth-order valence-electron chi connectivity index (χ4n) is 1.33. The lowest BCUT2D eigenvalue weighted by atomic mass is 10.1. The van der Waals surface area contributed by atoms with Crippen LogP contribution < -0.4 is 5.73 Å². The molecule has 0 saturated carbocycles. The van der Waals surface area contributed by atoms with Gasteiger partial charge in [-0.05, 0) is 17.7 Å². The SMILES string of the molecule is CCN(C)S(=O)(=O)c1ccc(CC(N)=S)cc1. The summed E-state index contributed by atoms with van der Waals surface area (Å²) in [5, 5.41) is 0. The predicted octanol–water partition coefficient (Wildman–Crippen LogP) is 1.16. The summed E-state index contributed by atoms with van der Waals surface area (Å²) < 4.78 is 25.2. The van der Waals surface area contributed by atoms with E-state index in [0.717, 1.165) is 5.56 Å². The van der Waals surface area contributed by atoms with Crippen molar-refractivity contribution in [2.45, 2.75) is 18.2 Å². The first-order valence-corrected chi connectivity index (χ1v) is 7.06. The summed E-state index contributed by atoms with van der Waals surface area (Å²) in [4.78, 5) is 0.680. The van der Waals surface area contributed by atoms with Gasteiger partial charge in [-0.2, -0.15) is 0 Å². The average Bonchev–Trinajstić information content (AvgIpc) is 2.27. The van der Waals surface area contributed by atoms with Crippen molar-refractivity contribution in [3.05, 3.63) is 29.8 Å². The molecule has 0 amide bonds. The van der Waals surface area contributed by atoms with Gasteiger partial charge in [0, 0.05) is 20.0 Å². The highest BCUT2D eigenvalue weighted by Gasteiger charge is 2.18. The minimum atomic E-state index is -3.37. The number of thiocarbonyl (C=S) groups is 1. The van der Waals surface area contributed by atoms with E-state index in [4.69, 9.17) is 18.0 Å². The topological polar surface area (TPSA) is 63.4 Å². The van der Waals surface area contributed by atoms with Gasteiger partial charge in [-0.25, -0.2) is 12.7 Å². The maximum Gasteiger partial charge on any atom is 0.242 e. The van der Waals surface area contributed by atoms with E-state index >= 15 is 0 Å². The molecule has 1 aromatic carbocycles. The summed E-state index contributed by atoms with van der Waals surface area (Å²) in [7, 11) is -1.81. The number of nitrogens with zero attached hydrogens (tertiary/aromatic N) is 1. The van der Waals surface area contributed by atoms with E-state index in [1.54, 1.807) is 38.2 Å².